The number of aryl methyl sites for hydroxylation is 2. The van der Waals surface area contributed by atoms with Crippen LogP contribution in [0, 0.1) is 5.82 Å². The van der Waals surface area contributed by atoms with E-state index < -0.39 is 27.1 Å². The van der Waals surface area contributed by atoms with Crippen LogP contribution in [0.2, 0.25) is 0 Å². The second-order valence-electron chi connectivity index (χ2n) is 9.51. The number of benzene rings is 2. The van der Waals surface area contributed by atoms with Crippen LogP contribution in [0.4, 0.5) is 10.1 Å². The van der Waals surface area contributed by atoms with Crippen molar-refractivity contribution >= 4 is 39.3 Å². The number of imidazole rings is 2. The van der Waals surface area contributed by atoms with Gasteiger partial charge in [-0.2, -0.15) is 8.42 Å². The van der Waals surface area contributed by atoms with Crippen LogP contribution in [0.1, 0.15) is 36.7 Å². The van der Waals surface area contributed by atoms with Crippen LogP contribution >= 0.6 is 12.4 Å². The molecule has 0 unspecified atom stereocenters. The lowest BCUT2D eigenvalue weighted by molar-refractivity contribution is 0.553. The van der Waals surface area contributed by atoms with Gasteiger partial charge in [0.05, 0.1) is 12.9 Å². The Balaban J connectivity index is 0.00000387. The molecule has 2 N–H and O–H groups in total. The van der Waals surface area contributed by atoms with E-state index in [-0.39, 0.29) is 40.7 Å². The van der Waals surface area contributed by atoms with Crippen LogP contribution in [0.25, 0.3) is 11.2 Å². The van der Waals surface area contributed by atoms with Gasteiger partial charge in [-0.1, -0.05) is 43.7 Å². The van der Waals surface area contributed by atoms with Gasteiger partial charge in [-0.15, -0.1) is 12.4 Å². The summed E-state index contributed by atoms with van der Waals surface area (Å²) in [5.41, 5.74) is 0.703. The molecule has 0 saturated carbocycles. The number of aromatic amines is 1. The highest BCUT2D eigenvalue weighted by atomic mass is 35.5. The highest BCUT2D eigenvalue weighted by Crippen LogP contribution is 2.18. The molecule has 5 aromatic rings. The number of nitrogens with one attached hydrogen (secondary N) is 2. The molecular formula is C27H29ClFN7O4S. The molecule has 0 spiro atoms. The Kier molecular flexibility index (Phi) is 8.78. The van der Waals surface area contributed by atoms with E-state index in [9.17, 15) is 22.4 Å². The average Bonchev–Trinajstić information content (AvgIpc) is 3.56. The van der Waals surface area contributed by atoms with Gasteiger partial charge >= 0.3 is 5.69 Å². The Morgan fingerprint density at radius 2 is 1.78 bits per heavy atom. The monoisotopic (exact) mass is 601 g/mol. The first-order valence-electron chi connectivity index (χ1n) is 12.7. The molecule has 11 nitrogen and oxygen atoms in total. The molecule has 2 aromatic carbocycles. The highest BCUT2D eigenvalue weighted by Gasteiger charge is 2.19. The number of fused-ring (bicyclic) bond motifs is 1. The zero-order valence-electron chi connectivity index (χ0n) is 22.4. The largest absolute Gasteiger partial charge is 0.339 e. The molecule has 0 aliphatic rings. The highest BCUT2D eigenvalue weighted by molar-refractivity contribution is 7.92. The molecule has 0 bridgehead atoms. The van der Waals surface area contributed by atoms with Crippen LogP contribution in [-0.4, -0.2) is 37.1 Å². The molecule has 3 heterocycles. The smallest absolute Gasteiger partial charge is 0.333 e. The molecule has 5 rings (SSSR count). The molecule has 0 atom stereocenters. The van der Waals surface area contributed by atoms with Crippen LogP contribution in [0.15, 0.2) is 75.7 Å². The molecule has 0 amide bonds. The van der Waals surface area contributed by atoms with Gasteiger partial charge in [0.2, 0.25) is 0 Å². The number of hydrogen-bond acceptors (Lipinski definition) is 6. The summed E-state index contributed by atoms with van der Waals surface area (Å²) >= 11 is 0. The first-order chi connectivity index (χ1) is 19.2. The second-order valence-corrected chi connectivity index (χ2v) is 11.1. The van der Waals surface area contributed by atoms with E-state index in [4.69, 9.17) is 0 Å². The first-order valence-corrected chi connectivity index (χ1v) is 14.2. The molecule has 14 heteroatoms. The number of anilines is 1. The van der Waals surface area contributed by atoms with Gasteiger partial charge in [0.15, 0.2) is 10.7 Å². The summed E-state index contributed by atoms with van der Waals surface area (Å²) in [6.07, 6.45) is 4.64. The number of unbranched alkanes of at least 4 members (excludes halogenated alkanes) is 1. The van der Waals surface area contributed by atoms with E-state index in [1.165, 1.54) is 23.2 Å². The van der Waals surface area contributed by atoms with E-state index in [1.807, 2.05) is 6.92 Å². The van der Waals surface area contributed by atoms with Gasteiger partial charge in [-0.3, -0.25) is 18.7 Å². The molecule has 0 aliphatic carbocycles. The van der Waals surface area contributed by atoms with Gasteiger partial charge in [-0.05, 0) is 30.2 Å². The van der Waals surface area contributed by atoms with Crippen molar-refractivity contribution in [2.75, 3.05) is 4.72 Å². The van der Waals surface area contributed by atoms with Crippen LogP contribution in [0.5, 0.6) is 0 Å². The number of sulfonamides is 1. The molecule has 41 heavy (non-hydrogen) atoms. The SMILES string of the molecule is CCCCn1c(=O)n(Cc2ccccc2F)c(=O)c2[nH]c(Cc3ccc(NS(=O)(=O)c4cn(C)cn4)cc3)nc21.Cl. The Bertz CT molecular complexity index is 1910. The summed E-state index contributed by atoms with van der Waals surface area (Å²) in [6.45, 7) is 2.16. The minimum atomic E-state index is -3.83. The third kappa shape index (κ3) is 6.25. The molecule has 3 aromatic heterocycles. The Labute approximate surface area is 241 Å². The predicted molar refractivity (Wildman–Crippen MR) is 156 cm³/mol. The van der Waals surface area contributed by atoms with Crippen molar-refractivity contribution in [3.63, 3.8) is 0 Å². The van der Waals surface area contributed by atoms with E-state index in [2.05, 4.69) is 19.7 Å². The molecule has 0 saturated heterocycles. The van der Waals surface area contributed by atoms with Crippen molar-refractivity contribution in [1.29, 1.82) is 0 Å². The Morgan fingerprint density at radius 3 is 2.44 bits per heavy atom. The lowest BCUT2D eigenvalue weighted by Crippen LogP contribution is -2.40. The fourth-order valence-corrected chi connectivity index (χ4v) is 5.41. The maximum absolute atomic E-state index is 14.3. The Hall–Kier alpha value is -4.23. The quantitative estimate of drug-likeness (QED) is 0.252. The summed E-state index contributed by atoms with van der Waals surface area (Å²) < 4.78 is 45.9. The summed E-state index contributed by atoms with van der Waals surface area (Å²) in [6, 6.07) is 12.8. The van der Waals surface area contributed by atoms with E-state index in [1.54, 1.807) is 54.1 Å². The predicted octanol–water partition coefficient (Wildman–Crippen LogP) is 3.42. The van der Waals surface area contributed by atoms with Crippen LogP contribution < -0.4 is 16.0 Å². The third-order valence-electron chi connectivity index (χ3n) is 6.47. The molecule has 0 aliphatic heterocycles. The van der Waals surface area contributed by atoms with Gasteiger partial charge < -0.3 is 9.55 Å². The van der Waals surface area contributed by atoms with Crippen molar-refractivity contribution < 1.29 is 12.8 Å². The average molecular weight is 602 g/mol. The van der Waals surface area contributed by atoms with Crippen molar-refractivity contribution in [1.82, 2.24) is 28.7 Å². The normalized spacial score (nSPS) is 11.5. The fraction of sp³-hybridized carbons (Fsp3) is 0.259. The molecule has 216 valence electrons. The maximum atomic E-state index is 14.3. The molecule has 0 fully saturated rings. The number of nitrogens with zero attached hydrogens (tertiary/aromatic N) is 5. The molecule has 0 radical (unpaired) electrons. The van der Waals surface area contributed by atoms with Gasteiger partial charge in [0.25, 0.3) is 15.6 Å². The lowest BCUT2D eigenvalue weighted by atomic mass is 10.1. The summed E-state index contributed by atoms with van der Waals surface area (Å²) in [5.74, 6) is -0.0349. The van der Waals surface area contributed by atoms with E-state index in [0.29, 0.717) is 30.9 Å². The van der Waals surface area contributed by atoms with Crippen molar-refractivity contribution in [2.24, 2.45) is 7.05 Å². The number of aromatic nitrogens is 6. The lowest BCUT2D eigenvalue weighted by Gasteiger charge is -2.11. The number of hydrogen-bond donors (Lipinski definition) is 2. The van der Waals surface area contributed by atoms with E-state index >= 15 is 0 Å². The summed E-state index contributed by atoms with van der Waals surface area (Å²) in [7, 11) is -2.14. The first kappa shape index (κ1) is 29.7. The third-order valence-corrected chi connectivity index (χ3v) is 7.73. The Morgan fingerprint density at radius 1 is 1.05 bits per heavy atom. The van der Waals surface area contributed by atoms with Crippen LogP contribution in [0.3, 0.4) is 0 Å². The number of rotatable bonds is 10. The topological polar surface area (TPSA) is 137 Å². The fourth-order valence-electron chi connectivity index (χ4n) is 4.37. The zero-order chi connectivity index (χ0) is 28.4. The number of H-pyrrole nitrogens is 1. The number of halogens is 2. The van der Waals surface area contributed by atoms with Gasteiger partial charge in [-0.25, -0.2) is 19.2 Å². The van der Waals surface area contributed by atoms with Crippen molar-refractivity contribution in [2.45, 2.75) is 44.3 Å². The molecular weight excluding hydrogens is 573 g/mol. The van der Waals surface area contributed by atoms with Gasteiger partial charge in [0, 0.05) is 37.5 Å². The maximum Gasteiger partial charge on any atom is 0.333 e. The van der Waals surface area contributed by atoms with Crippen molar-refractivity contribution in [3.05, 3.63) is 105 Å². The van der Waals surface area contributed by atoms with E-state index in [0.717, 1.165) is 16.6 Å². The summed E-state index contributed by atoms with van der Waals surface area (Å²) in [5, 5.41) is -0.0869. The minimum absolute atomic E-state index is 0. The minimum Gasteiger partial charge on any atom is -0.339 e. The van der Waals surface area contributed by atoms with Gasteiger partial charge in [0.1, 0.15) is 17.2 Å². The van der Waals surface area contributed by atoms with Crippen LogP contribution in [-0.2, 0) is 36.6 Å². The standard InChI is InChI=1S/C27H28FN7O4S.ClH/c1-3-4-13-34-25-24(26(36)35(27(34)37)15-19-7-5-6-8-21(19)28)30-22(31-25)14-18-9-11-20(12-10-18)32-40(38,39)23-16-33(2)17-29-23;/h5-12,16-17,32H,3-4,13-15H2,1-2H3,(H,30,31);1H. The second kappa shape index (κ2) is 12.1. The zero-order valence-corrected chi connectivity index (χ0v) is 24.0. The summed E-state index contributed by atoms with van der Waals surface area (Å²) in [4.78, 5) is 38.2. The van der Waals surface area contributed by atoms with Crippen molar-refractivity contribution in [3.8, 4) is 0 Å².